The van der Waals surface area contributed by atoms with E-state index in [1.807, 2.05) is 0 Å². The maximum absolute atomic E-state index is 12.6. The number of aromatic nitrogens is 1. The van der Waals surface area contributed by atoms with Gasteiger partial charge in [0.1, 0.15) is 18.9 Å². The van der Waals surface area contributed by atoms with E-state index >= 15 is 0 Å². The smallest absolute Gasteiger partial charge is 0.368 e. The molecule has 1 aromatic rings. The molecule has 0 bridgehead atoms. The van der Waals surface area contributed by atoms with Crippen LogP contribution in [0.3, 0.4) is 0 Å². The number of nitrogens with zero attached hydrogens (tertiary/aromatic N) is 2. The molecule has 1 aromatic heterocycles. The highest BCUT2D eigenvalue weighted by Crippen LogP contribution is 2.42. The van der Waals surface area contributed by atoms with Crippen LogP contribution in [-0.4, -0.2) is 58.1 Å². The quantitative estimate of drug-likeness (QED) is 0.319. The molecule has 0 saturated heterocycles. The van der Waals surface area contributed by atoms with Crippen molar-refractivity contribution >= 4 is 17.8 Å². The zero-order valence-electron chi connectivity index (χ0n) is 16.1. The maximum Gasteiger partial charge on any atom is 0.368 e. The molecule has 1 aliphatic heterocycles. The Balaban J connectivity index is 2.94. The summed E-state index contributed by atoms with van der Waals surface area (Å²) in [4.78, 5) is 44.7. The van der Waals surface area contributed by atoms with Gasteiger partial charge in [0, 0.05) is 11.6 Å². The second-order valence-electron chi connectivity index (χ2n) is 7.32. The second kappa shape index (κ2) is 7.47. The van der Waals surface area contributed by atoms with Gasteiger partial charge in [0.05, 0.1) is 18.2 Å². The van der Waals surface area contributed by atoms with E-state index in [2.05, 4.69) is 16.7 Å². The van der Waals surface area contributed by atoms with Crippen molar-refractivity contribution in [1.29, 1.82) is 0 Å². The monoisotopic (exact) mass is 393 g/mol. The van der Waals surface area contributed by atoms with Crippen molar-refractivity contribution < 1.29 is 33.9 Å². The molecule has 10 heteroatoms. The molecular weight excluding hydrogens is 370 g/mol. The van der Waals surface area contributed by atoms with E-state index in [0.29, 0.717) is 0 Å². The van der Waals surface area contributed by atoms with Gasteiger partial charge in [-0.15, -0.1) is 0 Å². The summed E-state index contributed by atoms with van der Waals surface area (Å²) in [6.07, 6.45) is -0.183. The van der Waals surface area contributed by atoms with Crippen LogP contribution in [-0.2, 0) is 9.63 Å². The van der Waals surface area contributed by atoms with Gasteiger partial charge in [0.15, 0.2) is 5.88 Å². The molecule has 2 N–H and O–H groups in total. The van der Waals surface area contributed by atoms with Crippen LogP contribution in [0.5, 0.6) is 5.88 Å². The van der Waals surface area contributed by atoms with Crippen LogP contribution in [0, 0.1) is 0 Å². The first-order valence-electron chi connectivity index (χ1n) is 8.44. The van der Waals surface area contributed by atoms with Crippen LogP contribution >= 0.6 is 0 Å². The van der Waals surface area contributed by atoms with E-state index in [9.17, 15) is 24.6 Å². The summed E-state index contributed by atoms with van der Waals surface area (Å²) in [5, 5.41) is 26.2. The lowest BCUT2D eigenvalue weighted by Gasteiger charge is -2.53. The van der Waals surface area contributed by atoms with Crippen LogP contribution in [0.15, 0.2) is 28.7 Å². The standard InChI is InChI=1S/C18H23N3O7/c1-6-7-28-20-11-9-21(17(25)26,18(2,3)4)14(16(23)24)10-8-12(27-5)19-15(22)13(10)11/h6,8,14H,1,7,9H2,2-5H3,(H2-,19,20,22,23,24,25,26). The van der Waals surface area contributed by atoms with E-state index in [1.165, 1.54) is 19.3 Å². The molecule has 0 radical (unpaired) electrons. The number of hydrogen-bond donors (Lipinski definition) is 2. The predicted molar refractivity (Wildman–Crippen MR) is 97.0 cm³/mol. The Kier molecular flexibility index (Phi) is 5.64. The average molecular weight is 393 g/mol. The molecule has 0 spiro atoms. The lowest BCUT2D eigenvalue weighted by Crippen LogP contribution is -2.73. The van der Waals surface area contributed by atoms with E-state index < -0.39 is 40.2 Å². The zero-order valence-corrected chi connectivity index (χ0v) is 16.1. The molecule has 10 nitrogen and oxygen atoms in total. The Bertz CT molecular complexity index is 897. The minimum atomic E-state index is -1.62. The first kappa shape index (κ1) is 21.2. The fourth-order valence-corrected chi connectivity index (χ4v) is 3.45. The highest BCUT2D eigenvalue weighted by Gasteiger charge is 2.58. The average Bonchev–Trinajstić information content (AvgIpc) is 2.59. The fraction of sp³-hybridized carbons (Fsp3) is 0.444. The Morgan fingerprint density at radius 3 is 2.61 bits per heavy atom. The number of ether oxygens (including phenoxy) is 1. The summed E-state index contributed by atoms with van der Waals surface area (Å²) in [5.74, 6) is -1.42. The van der Waals surface area contributed by atoms with Crippen molar-refractivity contribution in [1.82, 2.24) is 4.98 Å². The van der Waals surface area contributed by atoms with Gasteiger partial charge in [-0.25, -0.2) is 9.28 Å². The lowest BCUT2D eigenvalue weighted by molar-refractivity contribution is -0.932. The van der Waals surface area contributed by atoms with E-state index in [4.69, 9.17) is 9.57 Å². The highest BCUT2D eigenvalue weighted by atomic mass is 16.6. The zero-order chi connectivity index (χ0) is 21.3. The molecule has 1 aliphatic rings. The Hall–Kier alpha value is -3.14. The number of carboxylic acid groups (broad SMARTS) is 2. The number of hydrogen-bond acceptors (Lipinski definition) is 7. The molecule has 0 aromatic carbocycles. The number of rotatable bonds is 5. The number of aromatic amines is 1. The molecule has 1 amide bonds. The molecular formula is C18H23N3O7. The third-order valence-corrected chi connectivity index (χ3v) is 4.81. The topological polar surface area (TPSA) is 141 Å². The molecule has 28 heavy (non-hydrogen) atoms. The van der Waals surface area contributed by atoms with Crippen LogP contribution < -0.4 is 15.4 Å². The summed E-state index contributed by atoms with van der Waals surface area (Å²) >= 11 is 0. The third-order valence-electron chi connectivity index (χ3n) is 4.81. The molecule has 2 rings (SSSR count). The lowest BCUT2D eigenvalue weighted by atomic mass is 9.85. The van der Waals surface area contributed by atoms with Gasteiger partial charge < -0.3 is 24.6 Å². The number of H-pyrrole nitrogens is 1. The number of pyridine rings is 1. The van der Waals surface area contributed by atoms with Gasteiger partial charge in [-0.1, -0.05) is 17.8 Å². The second-order valence-corrected chi connectivity index (χ2v) is 7.32. The summed E-state index contributed by atoms with van der Waals surface area (Å²) in [7, 11) is 1.29. The Morgan fingerprint density at radius 2 is 2.14 bits per heavy atom. The molecule has 0 fully saturated rings. The van der Waals surface area contributed by atoms with Crippen LogP contribution in [0.1, 0.15) is 37.9 Å². The molecule has 2 unspecified atom stereocenters. The summed E-state index contributed by atoms with van der Waals surface area (Å²) in [6.45, 7) is 7.84. The number of carbonyl (C=O) groups is 2. The highest BCUT2D eigenvalue weighted by molar-refractivity contribution is 6.05. The van der Waals surface area contributed by atoms with Gasteiger partial charge >= 0.3 is 5.97 Å². The number of oxime groups is 1. The van der Waals surface area contributed by atoms with Crippen molar-refractivity contribution in [3.63, 3.8) is 0 Å². The van der Waals surface area contributed by atoms with Gasteiger partial charge in [0.25, 0.3) is 11.7 Å². The van der Waals surface area contributed by atoms with E-state index in [0.717, 1.165) is 0 Å². The van der Waals surface area contributed by atoms with Crippen LogP contribution in [0.2, 0.25) is 0 Å². The molecule has 2 atom stereocenters. The molecule has 2 heterocycles. The molecule has 0 saturated carbocycles. The number of carbonyl (C=O) groups excluding carboxylic acids is 1. The number of amides is 1. The molecule has 152 valence electrons. The summed E-state index contributed by atoms with van der Waals surface area (Å²) < 4.78 is 4.02. The number of methoxy groups -OCH3 is 1. The first-order valence-corrected chi connectivity index (χ1v) is 8.44. The number of quaternary nitrogens is 1. The van der Waals surface area contributed by atoms with Gasteiger partial charge in [-0.3, -0.25) is 9.78 Å². The first-order chi connectivity index (χ1) is 13.0. The number of nitrogens with one attached hydrogen (secondary N) is 1. The normalized spacial score (nSPS) is 23.0. The van der Waals surface area contributed by atoms with Gasteiger partial charge in [-0.05, 0) is 20.8 Å². The third kappa shape index (κ3) is 3.26. The van der Waals surface area contributed by atoms with Crippen molar-refractivity contribution in [2.45, 2.75) is 32.4 Å². The minimum absolute atomic E-state index is 0.00243. The van der Waals surface area contributed by atoms with Gasteiger partial charge in [-0.2, -0.15) is 0 Å². The number of fused-ring (bicyclic) bond motifs is 1. The fourth-order valence-electron chi connectivity index (χ4n) is 3.45. The minimum Gasteiger partial charge on any atom is -0.498 e. The van der Waals surface area contributed by atoms with Gasteiger partial charge in [0.2, 0.25) is 6.04 Å². The van der Waals surface area contributed by atoms with E-state index in [1.54, 1.807) is 20.8 Å². The van der Waals surface area contributed by atoms with Crippen molar-refractivity contribution in [3.05, 3.63) is 40.2 Å². The molecule has 0 aliphatic carbocycles. The Labute approximate surface area is 161 Å². The van der Waals surface area contributed by atoms with Crippen LogP contribution in [0.4, 0.5) is 4.79 Å². The van der Waals surface area contributed by atoms with Crippen molar-refractivity contribution in [2.24, 2.45) is 5.16 Å². The predicted octanol–water partition coefficient (Wildman–Crippen LogP) is 0.388. The SMILES string of the molecule is C=CCON=C1C[N+](C(=O)[O-])(C(C)(C)C)C(C(=O)O)c2cc(OC)[nH]c(=O)c21. The Morgan fingerprint density at radius 1 is 1.50 bits per heavy atom. The largest absolute Gasteiger partial charge is 0.498 e. The maximum atomic E-state index is 12.6. The van der Waals surface area contributed by atoms with Crippen LogP contribution in [0.25, 0.3) is 0 Å². The number of aliphatic carboxylic acids is 1. The summed E-state index contributed by atoms with van der Waals surface area (Å²) in [6, 6.07) is -0.325. The van der Waals surface area contributed by atoms with E-state index in [-0.39, 0.29) is 29.3 Å². The number of carboxylic acids is 1. The van der Waals surface area contributed by atoms with Crippen molar-refractivity contribution in [3.8, 4) is 5.88 Å². The van der Waals surface area contributed by atoms with Crippen molar-refractivity contribution in [2.75, 3.05) is 20.3 Å². The summed E-state index contributed by atoms with van der Waals surface area (Å²) in [5.41, 5.74) is -1.88.